The number of ether oxygens (including phenoxy) is 2. The zero-order chi connectivity index (χ0) is 18.6. The molecule has 0 heterocycles. The van der Waals surface area contributed by atoms with E-state index < -0.39 is 0 Å². The van der Waals surface area contributed by atoms with Crippen LogP contribution in [0, 0.1) is 6.92 Å². The van der Waals surface area contributed by atoms with Crippen LogP contribution in [-0.4, -0.2) is 26.0 Å². The number of anilines is 2. The molecule has 6 nitrogen and oxygen atoms in total. The van der Waals surface area contributed by atoms with Crippen molar-refractivity contribution in [3.63, 3.8) is 0 Å². The summed E-state index contributed by atoms with van der Waals surface area (Å²) in [7, 11) is 2.95. The molecule has 0 atom stereocenters. The number of amides is 2. The molecular formula is C18H19ClN2O4. The molecule has 132 valence electrons. The van der Waals surface area contributed by atoms with Crippen molar-refractivity contribution in [3.05, 3.63) is 46.5 Å². The first-order valence-electron chi connectivity index (χ1n) is 7.46. The minimum atomic E-state index is -0.338. The maximum atomic E-state index is 12.5. The van der Waals surface area contributed by atoms with Crippen LogP contribution in [-0.2, 0) is 4.79 Å². The van der Waals surface area contributed by atoms with Crippen molar-refractivity contribution < 1.29 is 19.1 Å². The molecule has 0 aliphatic rings. The molecule has 0 spiro atoms. The van der Waals surface area contributed by atoms with Gasteiger partial charge in [-0.1, -0.05) is 11.6 Å². The first-order chi connectivity index (χ1) is 11.8. The number of nitrogens with one attached hydrogen (secondary N) is 2. The number of hydrogen-bond donors (Lipinski definition) is 2. The van der Waals surface area contributed by atoms with E-state index in [9.17, 15) is 9.59 Å². The van der Waals surface area contributed by atoms with Gasteiger partial charge in [0.1, 0.15) is 0 Å². The van der Waals surface area contributed by atoms with Gasteiger partial charge in [0.05, 0.1) is 19.2 Å². The number of halogens is 1. The summed E-state index contributed by atoms with van der Waals surface area (Å²) < 4.78 is 10.4. The lowest BCUT2D eigenvalue weighted by Gasteiger charge is -2.13. The normalized spacial score (nSPS) is 10.1. The van der Waals surface area contributed by atoms with Crippen LogP contribution in [0.2, 0.25) is 5.02 Å². The van der Waals surface area contributed by atoms with Crippen molar-refractivity contribution >= 4 is 34.8 Å². The number of aryl methyl sites for hydroxylation is 1. The number of benzene rings is 2. The lowest BCUT2D eigenvalue weighted by Crippen LogP contribution is -2.13. The second kappa shape index (κ2) is 7.90. The summed E-state index contributed by atoms with van der Waals surface area (Å²) in [4.78, 5) is 23.6. The van der Waals surface area contributed by atoms with Crippen LogP contribution in [0.4, 0.5) is 11.4 Å². The zero-order valence-corrected chi connectivity index (χ0v) is 15.2. The van der Waals surface area contributed by atoms with Crippen molar-refractivity contribution in [1.82, 2.24) is 0 Å². The van der Waals surface area contributed by atoms with Gasteiger partial charge < -0.3 is 20.1 Å². The average molecular weight is 363 g/mol. The second-order valence-electron chi connectivity index (χ2n) is 5.36. The van der Waals surface area contributed by atoms with E-state index in [2.05, 4.69) is 10.6 Å². The standard InChI is InChI=1S/C18H19ClN2O4/c1-10-7-13(5-6-15(10)20-11(2)22)21-18(23)12-8-14(19)17(25-4)16(9-12)24-3/h5-9H,1-4H3,(H,20,22)(H,21,23). The van der Waals surface area contributed by atoms with Gasteiger partial charge in [0.25, 0.3) is 5.91 Å². The summed E-state index contributed by atoms with van der Waals surface area (Å²) in [5.41, 5.74) is 2.46. The fourth-order valence-electron chi connectivity index (χ4n) is 2.32. The van der Waals surface area contributed by atoms with E-state index in [1.807, 2.05) is 6.92 Å². The van der Waals surface area contributed by atoms with E-state index in [0.29, 0.717) is 28.4 Å². The van der Waals surface area contributed by atoms with E-state index in [0.717, 1.165) is 5.56 Å². The lowest BCUT2D eigenvalue weighted by atomic mass is 10.1. The topological polar surface area (TPSA) is 76.7 Å². The molecule has 0 aliphatic carbocycles. The lowest BCUT2D eigenvalue weighted by molar-refractivity contribution is -0.114. The van der Waals surface area contributed by atoms with Crippen LogP contribution in [0.5, 0.6) is 11.5 Å². The third-order valence-corrected chi connectivity index (χ3v) is 3.77. The second-order valence-corrected chi connectivity index (χ2v) is 5.77. The molecule has 2 aromatic rings. The van der Waals surface area contributed by atoms with E-state index in [4.69, 9.17) is 21.1 Å². The van der Waals surface area contributed by atoms with Crippen LogP contribution in [0.3, 0.4) is 0 Å². The summed E-state index contributed by atoms with van der Waals surface area (Å²) in [5.74, 6) is 0.253. The SMILES string of the molecule is COc1cc(C(=O)Nc2ccc(NC(C)=O)c(C)c2)cc(Cl)c1OC. The van der Waals surface area contributed by atoms with Gasteiger partial charge in [0, 0.05) is 23.9 Å². The highest BCUT2D eigenvalue weighted by Crippen LogP contribution is 2.36. The van der Waals surface area contributed by atoms with E-state index >= 15 is 0 Å². The Morgan fingerprint density at radius 2 is 1.76 bits per heavy atom. The van der Waals surface area contributed by atoms with Crippen LogP contribution in [0.15, 0.2) is 30.3 Å². The fraction of sp³-hybridized carbons (Fsp3) is 0.222. The highest BCUT2D eigenvalue weighted by molar-refractivity contribution is 6.32. The molecule has 0 radical (unpaired) electrons. The molecule has 2 rings (SSSR count). The van der Waals surface area contributed by atoms with Crippen molar-refractivity contribution in [2.75, 3.05) is 24.9 Å². The average Bonchev–Trinajstić information content (AvgIpc) is 2.56. The Morgan fingerprint density at radius 1 is 1.04 bits per heavy atom. The number of hydrogen-bond acceptors (Lipinski definition) is 4. The largest absolute Gasteiger partial charge is 0.493 e. The summed E-state index contributed by atoms with van der Waals surface area (Å²) in [6.07, 6.45) is 0. The highest BCUT2D eigenvalue weighted by Gasteiger charge is 2.15. The van der Waals surface area contributed by atoms with Crippen LogP contribution < -0.4 is 20.1 Å². The molecule has 0 aliphatic heterocycles. The highest BCUT2D eigenvalue weighted by atomic mass is 35.5. The quantitative estimate of drug-likeness (QED) is 0.846. The number of carbonyl (C=O) groups is 2. The number of methoxy groups -OCH3 is 2. The Kier molecular flexibility index (Phi) is 5.88. The Labute approximate surface area is 151 Å². The van der Waals surface area contributed by atoms with E-state index in [1.165, 1.54) is 27.2 Å². The summed E-state index contributed by atoms with van der Waals surface area (Å²) in [6, 6.07) is 8.27. The van der Waals surface area contributed by atoms with Gasteiger partial charge in [0.2, 0.25) is 5.91 Å². The van der Waals surface area contributed by atoms with Gasteiger partial charge in [0.15, 0.2) is 11.5 Å². The molecule has 2 aromatic carbocycles. The molecule has 0 bridgehead atoms. The molecule has 2 N–H and O–H groups in total. The Balaban J connectivity index is 2.24. The van der Waals surface area contributed by atoms with Crippen LogP contribution in [0.25, 0.3) is 0 Å². The van der Waals surface area contributed by atoms with Crippen molar-refractivity contribution in [2.45, 2.75) is 13.8 Å². The minimum Gasteiger partial charge on any atom is -0.493 e. The number of rotatable bonds is 5. The summed E-state index contributed by atoms with van der Waals surface area (Å²) in [6.45, 7) is 3.28. The van der Waals surface area contributed by atoms with Crippen LogP contribution in [0.1, 0.15) is 22.8 Å². The molecule has 0 fully saturated rings. The van der Waals surface area contributed by atoms with Gasteiger partial charge in [-0.3, -0.25) is 9.59 Å². The Hall–Kier alpha value is -2.73. The van der Waals surface area contributed by atoms with Crippen LogP contribution >= 0.6 is 11.6 Å². The molecule has 0 saturated carbocycles. The molecule has 25 heavy (non-hydrogen) atoms. The maximum absolute atomic E-state index is 12.5. The van der Waals surface area contributed by atoms with Crippen molar-refractivity contribution in [1.29, 1.82) is 0 Å². The first kappa shape index (κ1) is 18.6. The third-order valence-electron chi connectivity index (χ3n) is 3.49. The van der Waals surface area contributed by atoms with Crippen molar-refractivity contribution in [2.24, 2.45) is 0 Å². The van der Waals surface area contributed by atoms with Gasteiger partial charge in [-0.15, -0.1) is 0 Å². The van der Waals surface area contributed by atoms with E-state index in [-0.39, 0.29) is 16.8 Å². The molecule has 0 saturated heterocycles. The minimum absolute atomic E-state index is 0.153. The smallest absolute Gasteiger partial charge is 0.255 e. The predicted octanol–water partition coefficient (Wildman–Crippen LogP) is 3.88. The zero-order valence-electron chi connectivity index (χ0n) is 14.4. The molecule has 7 heteroatoms. The molecule has 0 unspecified atom stereocenters. The number of carbonyl (C=O) groups excluding carboxylic acids is 2. The monoisotopic (exact) mass is 362 g/mol. The Morgan fingerprint density at radius 3 is 2.32 bits per heavy atom. The molecular weight excluding hydrogens is 344 g/mol. The Bertz CT molecular complexity index is 821. The third kappa shape index (κ3) is 4.42. The van der Waals surface area contributed by atoms with E-state index in [1.54, 1.807) is 24.3 Å². The predicted molar refractivity (Wildman–Crippen MR) is 98.0 cm³/mol. The van der Waals surface area contributed by atoms with Crippen molar-refractivity contribution in [3.8, 4) is 11.5 Å². The summed E-state index contributed by atoms with van der Waals surface area (Å²) in [5, 5.41) is 5.79. The maximum Gasteiger partial charge on any atom is 0.255 e. The van der Waals surface area contributed by atoms with Gasteiger partial charge in [-0.2, -0.15) is 0 Å². The summed E-state index contributed by atoms with van der Waals surface area (Å²) >= 11 is 6.13. The fourth-order valence-corrected chi connectivity index (χ4v) is 2.61. The van der Waals surface area contributed by atoms with Gasteiger partial charge in [-0.25, -0.2) is 0 Å². The molecule has 2 amide bonds. The van der Waals surface area contributed by atoms with Gasteiger partial charge >= 0.3 is 0 Å². The molecule has 0 aromatic heterocycles. The first-order valence-corrected chi connectivity index (χ1v) is 7.84. The van der Waals surface area contributed by atoms with Gasteiger partial charge in [-0.05, 0) is 42.8 Å².